The predicted octanol–water partition coefficient (Wildman–Crippen LogP) is 4.25. The van der Waals surface area contributed by atoms with Crippen LogP contribution in [0.5, 0.6) is 0 Å². The van der Waals surface area contributed by atoms with Gasteiger partial charge >= 0.3 is 6.03 Å². The van der Waals surface area contributed by atoms with Gasteiger partial charge in [-0.1, -0.05) is 30.3 Å². The molecule has 0 bridgehead atoms. The topological polar surface area (TPSA) is 61.4 Å². The van der Waals surface area contributed by atoms with Gasteiger partial charge in [-0.15, -0.1) is 0 Å². The monoisotopic (exact) mass is 351 g/mol. The summed E-state index contributed by atoms with van der Waals surface area (Å²) in [5.41, 5.74) is 4.70. The summed E-state index contributed by atoms with van der Waals surface area (Å²) in [7, 11) is 0. The summed E-state index contributed by atoms with van der Waals surface area (Å²) < 4.78 is 0. The zero-order chi connectivity index (χ0) is 18.7. The number of hydrogen-bond acceptors (Lipinski definition) is 2. The molecule has 1 saturated heterocycles. The van der Waals surface area contributed by atoms with E-state index in [1.807, 2.05) is 63.2 Å². The SMILES string of the molecule is Cc1cccc(NC(=O)N2CCC[C@@H]2C(=O)Nc2c(C)cccc2C)c1. The van der Waals surface area contributed by atoms with E-state index in [0.717, 1.165) is 34.5 Å². The predicted molar refractivity (Wildman–Crippen MR) is 104 cm³/mol. The van der Waals surface area contributed by atoms with Gasteiger partial charge in [0.25, 0.3) is 0 Å². The lowest BCUT2D eigenvalue weighted by Gasteiger charge is -2.25. The molecule has 0 unspecified atom stereocenters. The summed E-state index contributed by atoms with van der Waals surface area (Å²) in [4.78, 5) is 27.1. The van der Waals surface area contributed by atoms with Gasteiger partial charge in [0.1, 0.15) is 6.04 Å². The quantitative estimate of drug-likeness (QED) is 0.868. The Morgan fingerprint density at radius 3 is 2.38 bits per heavy atom. The minimum absolute atomic E-state index is 0.126. The molecule has 0 aliphatic carbocycles. The number of anilines is 2. The number of urea groups is 1. The number of aryl methyl sites for hydroxylation is 3. The Labute approximate surface area is 154 Å². The highest BCUT2D eigenvalue weighted by Gasteiger charge is 2.34. The van der Waals surface area contributed by atoms with Gasteiger partial charge in [-0.2, -0.15) is 0 Å². The van der Waals surface area contributed by atoms with Crippen molar-refractivity contribution in [2.75, 3.05) is 17.2 Å². The zero-order valence-electron chi connectivity index (χ0n) is 15.5. The summed E-state index contributed by atoms with van der Waals surface area (Å²) in [6.45, 7) is 6.51. The summed E-state index contributed by atoms with van der Waals surface area (Å²) in [6.07, 6.45) is 1.50. The number of likely N-dealkylation sites (tertiary alicyclic amines) is 1. The molecule has 0 radical (unpaired) electrons. The van der Waals surface area contributed by atoms with E-state index >= 15 is 0 Å². The Morgan fingerprint density at radius 1 is 1.00 bits per heavy atom. The average molecular weight is 351 g/mol. The van der Waals surface area contributed by atoms with Gasteiger partial charge in [-0.25, -0.2) is 4.79 Å². The number of rotatable bonds is 3. The molecule has 1 atom stereocenters. The molecular weight excluding hydrogens is 326 g/mol. The Balaban J connectivity index is 1.71. The van der Waals surface area contributed by atoms with Crippen molar-refractivity contribution in [3.05, 3.63) is 59.2 Å². The fourth-order valence-corrected chi connectivity index (χ4v) is 3.42. The molecule has 0 saturated carbocycles. The fraction of sp³-hybridized carbons (Fsp3) is 0.333. The van der Waals surface area contributed by atoms with Gasteiger partial charge < -0.3 is 15.5 Å². The molecule has 5 nitrogen and oxygen atoms in total. The van der Waals surface area contributed by atoms with Crippen molar-refractivity contribution < 1.29 is 9.59 Å². The second-order valence-electron chi connectivity index (χ2n) is 6.91. The molecule has 3 amide bonds. The van der Waals surface area contributed by atoms with Crippen LogP contribution in [0.15, 0.2) is 42.5 Å². The molecule has 1 heterocycles. The Bertz CT molecular complexity index is 812. The third-order valence-corrected chi connectivity index (χ3v) is 4.81. The first kappa shape index (κ1) is 18.0. The number of carbonyl (C=O) groups is 2. The molecule has 2 aromatic carbocycles. The van der Waals surface area contributed by atoms with E-state index in [4.69, 9.17) is 0 Å². The average Bonchev–Trinajstić information content (AvgIpc) is 3.08. The zero-order valence-corrected chi connectivity index (χ0v) is 15.5. The minimum atomic E-state index is -0.446. The van der Waals surface area contributed by atoms with Crippen LogP contribution in [0.4, 0.5) is 16.2 Å². The Morgan fingerprint density at radius 2 is 1.69 bits per heavy atom. The molecule has 3 rings (SSSR count). The molecule has 1 aliphatic rings. The van der Waals surface area contributed by atoms with Crippen LogP contribution >= 0.6 is 0 Å². The van der Waals surface area contributed by atoms with Crippen LogP contribution in [0.2, 0.25) is 0 Å². The van der Waals surface area contributed by atoms with Crippen LogP contribution in [0, 0.1) is 20.8 Å². The standard InChI is InChI=1S/C21H25N3O2/c1-14-7-4-10-17(13-14)22-21(26)24-12-6-11-18(24)20(25)23-19-15(2)8-5-9-16(19)3/h4-5,7-10,13,18H,6,11-12H2,1-3H3,(H,22,26)(H,23,25)/t18-/m1/s1. The molecule has 1 fully saturated rings. The third-order valence-electron chi connectivity index (χ3n) is 4.81. The molecule has 1 aliphatic heterocycles. The number of amides is 3. The number of hydrogen-bond donors (Lipinski definition) is 2. The second kappa shape index (κ2) is 7.60. The van der Waals surface area contributed by atoms with E-state index in [2.05, 4.69) is 10.6 Å². The van der Waals surface area contributed by atoms with E-state index in [0.29, 0.717) is 13.0 Å². The van der Waals surface area contributed by atoms with Crippen molar-refractivity contribution in [3.8, 4) is 0 Å². The van der Waals surface area contributed by atoms with Gasteiger partial charge in [0.15, 0.2) is 0 Å². The Kier molecular flexibility index (Phi) is 5.26. The second-order valence-corrected chi connectivity index (χ2v) is 6.91. The van der Waals surface area contributed by atoms with Crippen molar-refractivity contribution in [1.82, 2.24) is 4.90 Å². The lowest BCUT2D eigenvalue weighted by molar-refractivity contribution is -0.119. The molecule has 0 spiro atoms. The van der Waals surface area contributed by atoms with Crippen LogP contribution < -0.4 is 10.6 Å². The molecule has 2 N–H and O–H groups in total. The van der Waals surface area contributed by atoms with Crippen LogP contribution in [0.25, 0.3) is 0 Å². The first-order valence-corrected chi connectivity index (χ1v) is 8.97. The van der Waals surface area contributed by atoms with Crippen LogP contribution in [0.1, 0.15) is 29.5 Å². The highest BCUT2D eigenvalue weighted by atomic mass is 16.2. The van der Waals surface area contributed by atoms with Crippen LogP contribution in [-0.4, -0.2) is 29.4 Å². The molecule has 5 heteroatoms. The maximum Gasteiger partial charge on any atom is 0.322 e. The van der Waals surface area contributed by atoms with E-state index in [-0.39, 0.29) is 11.9 Å². The first-order chi connectivity index (χ1) is 12.5. The van der Waals surface area contributed by atoms with Gasteiger partial charge in [0.2, 0.25) is 5.91 Å². The number of nitrogens with zero attached hydrogens (tertiary/aromatic N) is 1. The summed E-state index contributed by atoms with van der Waals surface area (Å²) >= 11 is 0. The normalized spacial score (nSPS) is 16.4. The third kappa shape index (κ3) is 3.87. The first-order valence-electron chi connectivity index (χ1n) is 8.97. The van der Waals surface area contributed by atoms with Gasteiger partial charge in [-0.3, -0.25) is 4.79 Å². The van der Waals surface area contributed by atoms with Crippen molar-refractivity contribution in [3.63, 3.8) is 0 Å². The maximum atomic E-state index is 12.8. The fourth-order valence-electron chi connectivity index (χ4n) is 3.42. The minimum Gasteiger partial charge on any atom is -0.324 e. The van der Waals surface area contributed by atoms with Crippen LogP contribution in [-0.2, 0) is 4.79 Å². The van der Waals surface area contributed by atoms with Crippen molar-refractivity contribution in [2.24, 2.45) is 0 Å². The lowest BCUT2D eigenvalue weighted by Crippen LogP contribution is -2.45. The smallest absolute Gasteiger partial charge is 0.322 e. The number of para-hydroxylation sites is 1. The molecule has 26 heavy (non-hydrogen) atoms. The van der Waals surface area contributed by atoms with Gasteiger partial charge in [0, 0.05) is 17.9 Å². The molecule has 136 valence electrons. The van der Waals surface area contributed by atoms with Gasteiger partial charge in [0.05, 0.1) is 0 Å². The number of nitrogens with one attached hydrogen (secondary N) is 2. The largest absolute Gasteiger partial charge is 0.324 e. The van der Waals surface area contributed by atoms with Crippen LogP contribution in [0.3, 0.4) is 0 Å². The molecule has 0 aromatic heterocycles. The van der Waals surface area contributed by atoms with Crippen molar-refractivity contribution in [1.29, 1.82) is 0 Å². The van der Waals surface area contributed by atoms with E-state index in [1.54, 1.807) is 4.90 Å². The van der Waals surface area contributed by atoms with E-state index in [9.17, 15) is 9.59 Å². The van der Waals surface area contributed by atoms with Gasteiger partial charge in [-0.05, 0) is 62.4 Å². The number of carbonyl (C=O) groups excluding carboxylic acids is 2. The highest BCUT2D eigenvalue weighted by Crippen LogP contribution is 2.24. The van der Waals surface area contributed by atoms with Crippen molar-refractivity contribution in [2.45, 2.75) is 39.7 Å². The lowest BCUT2D eigenvalue weighted by atomic mass is 10.1. The van der Waals surface area contributed by atoms with Crippen molar-refractivity contribution >= 4 is 23.3 Å². The molecule has 2 aromatic rings. The Hall–Kier alpha value is -2.82. The number of benzene rings is 2. The van der Waals surface area contributed by atoms with E-state index < -0.39 is 6.04 Å². The summed E-state index contributed by atoms with van der Waals surface area (Å²) in [5, 5.41) is 5.92. The summed E-state index contributed by atoms with van der Waals surface area (Å²) in [5.74, 6) is -0.126. The molecular formula is C21H25N3O2. The van der Waals surface area contributed by atoms with E-state index in [1.165, 1.54) is 0 Å². The highest BCUT2D eigenvalue weighted by molar-refractivity contribution is 6.00. The maximum absolute atomic E-state index is 12.8. The summed E-state index contributed by atoms with van der Waals surface area (Å²) in [6, 6.07) is 12.9.